The molecule has 0 bridgehead atoms. The number of carboxylic acid groups (broad SMARTS) is 1. The van der Waals surface area contributed by atoms with Gasteiger partial charge in [0.05, 0.1) is 12.0 Å². The molecular formula is C12H12ClF2NO4. The molecule has 0 atom stereocenters. The van der Waals surface area contributed by atoms with Gasteiger partial charge in [0, 0.05) is 18.6 Å². The first-order valence-electron chi connectivity index (χ1n) is 5.53. The van der Waals surface area contributed by atoms with E-state index >= 15 is 0 Å². The van der Waals surface area contributed by atoms with Gasteiger partial charge >= 0.3 is 12.6 Å². The van der Waals surface area contributed by atoms with Crippen molar-refractivity contribution < 1.29 is 28.2 Å². The van der Waals surface area contributed by atoms with E-state index in [9.17, 15) is 18.4 Å². The normalized spacial score (nSPS) is 10.4. The van der Waals surface area contributed by atoms with E-state index < -0.39 is 18.5 Å². The third-order valence-corrected chi connectivity index (χ3v) is 2.63. The maximum absolute atomic E-state index is 12.3. The number of ether oxygens (including phenoxy) is 1. The minimum absolute atomic E-state index is 0.0607. The molecule has 8 heteroatoms. The summed E-state index contributed by atoms with van der Waals surface area (Å²) in [7, 11) is 1.36. The summed E-state index contributed by atoms with van der Waals surface area (Å²) in [6.45, 7) is -3.14. The van der Waals surface area contributed by atoms with E-state index in [4.69, 9.17) is 16.7 Å². The molecule has 1 rings (SSSR count). The van der Waals surface area contributed by atoms with E-state index in [0.29, 0.717) is 0 Å². The summed E-state index contributed by atoms with van der Waals surface area (Å²) in [6, 6.07) is 3.67. The Bertz CT molecular complexity index is 510. The fraction of sp³-hybridized carbons (Fsp3) is 0.333. The number of nitrogens with zero attached hydrogens (tertiary/aromatic N) is 1. The Hall–Kier alpha value is -1.89. The lowest BCUT2D eigenvalue weighted by Crippen LogP contribution is -2.29. The average Bonchev–Trinajstić information content (AvgIpc) is 2.36. The van der Waals surface area contributed by atoms with Crippen LogP contribution < -0.4 is 4.74 Å². The van der Waals surface area contributed by atoms with Crippen LogP contribution in [0.2, 0.25) is 5.02 Å². The van der Waals surface area contributed by atoms with Crippen molar-refractivity contribution in [3.8, 4) is 5.75 Å². The molecule has 110 valence electrons. The van der Waals surface area contributed by atoms with Crippen LogP contribution in [0.4, 0.5) is 8.78 Å². The lowest BCUT2D eigenvalue weighted by Gasteiger charge is -2.18. The molecule has 1 aromatic rings. The lowest BCUT2D eigenvalue weighted by molar-refractivity contribution is -0.137. The minimum Gasteiger partial charge on any atom is -0.481 e. The third-order valence-electron chi connectivity index (χ3n) is 2.40. The summed E-state index contributed by atoms with van der Waals surface area (Å²) >= 11 is 5.72. The van der Waals surface area contributed by atoms with Crippen LogP contribution in [0.1, 0.15) is 16.8 Å². The van der Waals surface area contributed by atoms with Gasteiger partial charge in [-0.05, 0) is 18.2 Å². The zero-order valence-electron chi connectivity index (χ0n) is 10.5. The Kier molecular flexibility index (Phi) is 5.69. The molecule has 1 N–H and O–H groups in total. The van der Waals surface area contributed by atoms with E-state index in [1.54, 1.807) is 0 Å². The van der Waals surface area contributed by atoms with E-state index in [0.717, 1.165) is 11.0 Å². The maximum atomic E-state index is 12.3. The number of alkyl halides is 2. The van der Waals surface area contributed by atoms with Gasteiger partial charge in [0.25, 0.3) is 5.91 Å². The molecule has 5 nitrogen and oxygen atoms in total. The van der Waals surface area contributed by atoms with Crippen molar-refractivity contribution in [2.45, 2.75) is 13.0 Å². The average molecular weight is 308 g/mol. The Morgan fingerprint density at radius 2 is 2.10 bits per heavy atom. The largest absolute Gasteiger partial charge is 0.481 e. The van der Waals surface area contributed by atoms with Crippen molar-refractivity contribution in [1.82, 2.24) is 4.90 Å². The van der Waals surface area contributed by atoms with Crippen LogP contribution in [0.3, 0.4) is 0 Å². The molecule has 0 saturated heterocycles. The van der Waals surface area contributed by atoms with Gasteiger partial charge in [-0.1, -0.05) is 11.6 Å². The van der Waals surface area contributed by atoms with E-state index in [1.165, 1.54) is 19.2 Å². The summed E-state index contributed by atoms with van der Waals surface area (Å²) in [5.41, 5.74) is -0.148. The predicted molar refractivity (Wildman–Crippen MR) is 67.3 cm³/mol. The molecule has 0 unspecified atom stereocenters. The molecule has 20 heavy (non-hydrogen) atoms. The molecular weight excluding hydrogens is 296 g/mol. The number of carbonyl (C=O) groups is 2. The molecule has 0 spiro atoms. The van der Waals surface area contributed by atoms with Crippen molar-refractivity contribution in [1.29, 1.82) is 0 Å². The molecule has 0 aromatic heterocycles. The topological polar surface area (TPSA) is 66.8 Å². The van der Waals surface area contributed by atoms with Gasteiger partial charge in [0.1, 0.15) is 5.75 Å². The van der Waals surface area contributed by atoms with Crippen LogP contribution in [0.25, 0.3) is 0 Å². The van der Waals surface area contributed by atoms with Crippen molar-refractivity contribution in [3.05, 3.63) is 28.8 Å². The Morgan fingerprint density at radius 1 is 1.45 bits per heavy atom. The third kappa shape index (κ3) is 4.65. The van der Waals surface area contributed by atoms with Gasteiger partial charge in [-0.25, -0.2) is 0 Å². The lowest BCUT2D eigenvalue weighted by atomic mass is 10.1. The van der Waals surface area contributed by atoms with Gasteiger partial charge < -0.3 is 14.7 Å². The number of hydrogen-bond donors (Lipinski definition) is 1. The second-order valence-electron chi connectivity index (χ2n) is 3.89. The van der Waals surface area contributed by atoms with Crippen LogP contribution in [0.15, 0.2) is 18.2 Å². The number of carboxylic acids is 1. The zero-order valence-corrected chi connectivity index (χ0v) is 11.2. The highest BCUT2D eigenvalue weighted by Gasteiger charge is 2.20. The molecule has 0 aliphatic carbocycles. The van der Waals surface area contributed by atoms with Gasteiger partial charge in [-0.2, -0.15) is 8.78 Å². The molecule has 0 fully saturated rings. The van der Waals surface area contributed by atoms with Gasteiger partial charge in [0.2, 0.25) is 0 Å². The number of halogens is 3. The van der Waals surface area contributed by atoms with E-state index in [2.05, 4.69) is 4.74 Å². The predicted octanol–water partition coefficient (Wildman–Crippen LogP) is 2.49. The number of benzene rings is 1. The monoisotopic (exact) mass is 307 g/mol. The Morgan fingerprint density at radius 3 is 2.65 bits per heavy atom. The van der Waals surface area contributed by atoms with Crippen LogP contribution in [0.5, 0.6) is 5.75 Å². The molecule has 0 saturated carbocycles. The van der Waals surface area contributed by atoms with Crippen molar-refractivity contribution >= 4 is 23.5 Å². The summed E-state index contributed by atoms with van der Waals surface area (Å²) in [4.78, 5) is 23.6. The summed E-state index contributed by atoms with van der Waals surface area (Å²) in [5, 5.41) is 8.73. The molecule has 0 aliphatic rings. The number of carbonyl (C=O) groups excluding carboxylic acids is 1. The van der Waals surface area contributed by atoms with Gasteiger partial charge in [0.15, 0.2) is 0 Å². The van der Waals surface area contributed by atoms with Gasteiger partial charge in [-0.3, -0.25) is 9.59 Å². The maximum Gasteiger partial charge on any atom is 0.387 e. The number of amides is 1. The molecule has 0 radical (unpaired) electrons. The second kappa shape index (κ2) is 7.04. The Balaban J connectivity index is 2.95. The number of hydrogen-bond acceptors (Lipinski definition) is 3. The molecule has 0 heterocycles. The second-order valence-corrected chi connectivity index (χ2v) is 4.33. The molecule has 1 aromatic carbocycles. The highest BCUT2D eigenvalue weighted by atomic mass is 35.5. The number of rotatable bonds is 6. The highest BCUT2D eigenvalue weighted by molar-refractivity contribution is 6.31. The van der Waals surface area contributed by atoms with Crippen LogP contribution >= 0.6 is 11.6 Å². The van der Waals surface area contributed by atoms with Crippen LogP contribution in [-0.4, -0.2) is 42.1 Å². The first-order chi connectivity index (χ1) is 9.31. The SMILES string of the molecule is CN(CCC(=O)O)C(=O)c1cc(Cl)ccc1OC(F)F. The molecule has 1 amide bonds. The van der Waals surface area contributed by atoms with Crippen molar-refractivity contribution in [3.63, 3.8) is 0 Å². The molecule has 0 aliphatic heterocycles. The first kappa shape index (κ1) is 16.2. The minimum atomic E-state index is -3.08. The standard InChI is InChI=1S/C12H12ClF2NO4/c1-16(5-4-10(17)18)11(19)8-6-7(13)2-3-9(8)20-12(14)15/h2-3,6,12H,4-5H2,1H3,(H,17,18). The first-order valence-corrected chi connectivity index (χ1v) is 5.90. The summed E-state index contributed by atoms with van der Waals surface area (Å²) < 4.78 is 28.8. The zero-order chi connectivity index (χ0) is 15.3. The fourth-order valence-corrected chi connectivity index (χ4v) is 1.61. The number of aliphatic carboxylic acids is 1. The van der Waals surface area contributed by atoms with Crippen LogP contribution in [0, 0.1) is 0 Å². The summed E-state index contributed by atoms with van der Waals surface area (Å²) in [5.74, 6) is -2.03. The van der Waals surface area contributed by atoms with Crippen molar-refractivity contribution in [2.24, 2.45) is 0 Å². The fourth-order valence-electron chi connectivity index (χ4n) is 1.44. The Labute approximate surface area is 118 Å². The highest BCUT2D eigenvalue weighted by Crippen LogP contribution is 2.25. The quantitative estimate of drug-likeness (QED) is 0.877. The summed E-state index contributed by atoms with van der Waals surface area (Å²) in [6.07, 6.45) is -0.256. The van der Waals surface area contributed by atoms with Crippen LogP contribution in [-0.2, 0) is 4.79 Å². The smallest absolute Gasteiger partial charge is 0.387 e. The van der Waals surface area contributed by atoms with E-state index in [1.807, 2.05) is 0 Å². The van der Waals surface area contributed by atoms with E-state index in [-0.39, 0.29) is 29.3 Å². The van der Waals surface area contributed by atoms with Gasteiger partial charge in [-0.15, -0.1) is 0 Å². The van der Waals surface area contributed by atoms with Crippen molar-refractivity contribution in [2.75, 3.05) is 13.6 Å².